The molecule has 0 spiro atoms. The van der Waals surface area contributed by atoms with E-state index < -0.39 is 16.8 Å². The lowest BCUT2D eigenvalue weighted by molar-refractivity contribution is 0.0396. The van der Waals surface area contributed by atoms with E-state index in [4.69, 9.17) is 0 Å². The average Bonchev–Trinajstić information content (AvgIpc) is 2.70. The predicted octanol–water partition coefficient (Wildman–Crippen LogP) is 3.38. The zero-order valence-corrected chi connectivity index (χ0v) is 17.8. The summed E-state index contributed by atoms with van der Waals surface area (Å²) in [6, 6.07) is 1.42. The molecule has 0 saturated carbocycles. The number of fused-ring (bicyclic) bond motifs is 1. The van der Waals surface area contributed by atoms with Gasteiger partial charge in [-0.1, -0.05) is 27.2 Å². The fraction of sp³-hybridized carbons (Fsp3) is 0.682. The molecule has 1 aliphatic rings. The number of hydrogen-bond donors (Lipinski definition) is 3. The molecule has 1 aliphatic carbocycles. The molecule has 2 rings (SSSR count). The molecule has 0 bridgehead atoms. The van der Waals surface area contributed by atoms with E-state index in [1.165, 1.54) is 6.07 Å². The van der Waals surface area contributed by atoms with Crippen LogP contribution in [0.3, 0.4) is 0 Å². The van der Waals surface area contributed by atoms with Crippen molar-refractivity contribution in [1.29, 1.82) is 0 Å². The quantitative estimate of drug-likeness (QED) is 0.731. The van der Waals surface area contributed by atoms with Crippen molar-refractivity contribution in [3.63, 3.8) is 0 Å². The molecule has 1 aromatic rings. The van der Waals surface area contributed by atoms with E-state index in [-0.39, 0.29) is 5.75 Å². The minimum absolute atomic E-state index is 0.215. The van der Waals surface area contributed by atoms with Crippen molar-refractivity contribution in [3.8, 4) is 11.5 Å². The Balaban J connectivity index is 0.000000314. The van der Waals surface area contributed by atoms with E-state index >= 15 is 0 Å². The molecule has 154 valence electrons. The van der Waals surface area contributed by atoms with Crippen LogP contribution in [0.15, 0.2) is 10.9 Å². The monoisotopic (exact) mass is 379 g/mol. The van der Waals surface area contributed by atoms with Gasteiger partial charge >= 0.3 is 0 Å². The highest BCUT2D eigenvalue weighted by Crippen LogP contribution is 2.36. The summed E-state index contributed by atoms with van der Waals surface area (Å²) in [6.45, 7) is 14.7. The zero-order chi connectivity index (χ0) is 20.8. The van der Waals surface area contributed by atoms with Crippen LogP contribution in [0.4, 0.5) is 0 Å². The average molecular weight is 380 g/mol. The molecule has 3 N–H and O–H groups in total. The third-order valence-electron chi connectivity index (χ3n) is 5.31. The molecule has 0 heterocycles. The summed E-state index contributed by atoms with van der Waals surface area (Å²) in [5.41, 5.74) is 1.62. The topological polar surface area (TPSA) is 81.0 Å². The lowest BCUT2D eigenvalue weighted by atomic mass is 9.82. The van der Waals surface area contributed by atoms with Crippen molar-refractivity contribution in [3.05, 3.63) is 33.0 Å². The second-order valence-corrected chi connectivity index (χ2v) is 8.14. The van der Waals surface area contributed by atoms with Gasteiger partial charge in [0.25, 0.3) is 0 Å². The Kier molecular flexibility index (Phi) is 8.76. The molecule has 0 aliphatic heterocycles. The SMILES string of the molecule is CCC1CCc2c(O)c(O)c(=O)cc(C)c2C1.CCN(CC)CC(C)(C)O. The molecule has 5 nitrogen and oxygen atoms in total. The fourth-order valence-electron chi connectivity index (χ4n) is 3.63. The van der Waals surface area contributed by atoms with Crippen molar-refractivity contribution in [2.45, 2.75) is 72.8 Å². The van der Waals surface area contributed by atoms with Crippen molar-refractivity contribution in [2.24, 2.45) is 5.92 Å². The zero-order valence-electron chi connectivity index (χ0n) is 17.8. The van der Waals surface area contributed by atoms with Gasteiger partial charge < -0.3 is 20.2 Å². The first-order chi connectivity index (χ1) is 12.5. The molecule has 1 unspecified atom stereocenters. The minimum atomic E-state index is -0.550. The first kappa shape index (κ1) is 23.4. The molecule has 0 amide bonds. The Morgan fingerprint density at radius 3 is 2.15 bits per heavy atom. The van der Waals surface area contributed by atoms with E-state index in [0.717, 1.165) is 62.0 Å². The third kappa shape index (κ3) is 6.82. The Labute approximate surface area is 163 Å². The van der Waals surface area contributed by atoms with Gasteiger partial charge in [-0.25, -0.2) is 0 Å². The summed E-state index contributed by atoms with van der Waals surface area (Å²) in [4.78, 5) is 13.8. The van der Waals surface area contributed by atoms with E-state index in [0.29, 0.717) is 5.92 Å². The van der Waals surface area contributed by atoms with E-state index in [2.05, 4.69) is 25.7 Å². The van der Waals surface area contributed by atoms with Gasteiger partial charge in [-0.05, 0) is 76.2 Å². The van der Waals surface area contributed by atoms with Crippen molar-refractivity contribution >= 4 is 0 Å². The molecule has 0 radical (unpaired) electrons. The minimum Gasteiger partial charge on any atom is -0.504 e. The highest BCUT2D eigenvalue weighted by Gasteiger charge is 2.23. The van der Waals surface area contributed by atoms with Crippen LogP contribution >= 0.6 is 0 Å². The van der Waals surface area contributed by atoms with Crippen LogP contribution in [0, 0.1) is 12.8 Å². The summed E-state index contributed by atoms with van der Waals surface area (Å²) in [6.07, 6.45) is 3.74. The van der Waals surface area contributed by atoms with Crippen molar-refractivity contribution < 1.29 is 15.3 Å². The van der Waals surface area contributed by atoms with Crippen LogP contribution < -0.4 is 5.43 Å². The van der Waals surface area contributed by atoms with Crippen LogP contribution in [0.25, 0.3) is 0 Å². The highest BCUT2D eigenvalue weighted by molar-refractivity contribution is 5.50. The number of aromatic hydroxyl groups is 2. The normalized spacial score (nSPS) is 16.5. The Hall–Kier alpha value is -1.59. The molecule has 0 saturated heterocycles. The highest BCUT2D eigenvalue weighted by atomic mass is 16.3. The summed E-state index contributed by atoms with van der Waals surface area (Å²) < 4.78 is 0. The Morgan fingerprint density at radius 2 is 1.70 bits per heavy atom. The van der Waals surface area contributed by atoms with Crippen LogP contribution in [0.5, 0.6) is 11.5 Å². The standard InChI is InChI=1S/C14H18O3.C8H19NO/c1-3-9-4-5-10-11(7-9)8(2)6-12(15)14(17)13(10)16;1-5-9(6-2)7-8(3,4)10/h6,9H,3-5,7H2,1-2H3,(H2,15,16,17);10H,5-7H2,1-4H3. The molecule has 27 heavy (non-hydrogen) atoms. The van der Waals surface area contributed by atoms with Gasteiger partial charge in [-0.2, -0.15) is 0 Å². The number of aryl methyl sites for hydroxylation is 1. The van der Waals surface area contributed by atoms with Gasteiger partial charge in [0.2, 0.25) is 11.2 Å². The summed E-state index contributed by atoms with van der Waals surface area (Å²) >= 11 is 0. The van der Waals surface area contributed by atoms with E-state index in [1.54, 1.807) is 0 Å². The van der Waals surface area contributed by atoms with Crippen LogP contribution in [-0.2, 0) is 12.8 Å². The number of aliphatic hydroxyl groups is 1. The van der Waals surface area contributed by atoms with Gasteiger partial charge in [0.05, 0.1) is 5.60 Å². The maximum Gasteiger partial charge on any atom is 0.224 e. The van der Waals surface area contributed by atoms with Crippen molar-refractivity contribution in [2.75, 3.05) is 19.6 Å². The third-order valence-corrected chi connectivity index (χ3v) is 5.31. The van der Waals surface area contributed by atoms with Gasteiger partial charge in [-0.3, -0.25) is 4.79 Å². The summed E-state index contributed by atoms with van der Waals surface area (Å²) in [7, 11) is 0. The van der Waals surface area contributed by atoms with Crippen LogP contribution in [0.2, 0.25) is 0 Å². The van der Waals surface area contributed by atoms with Crippen molar-refractivity contribution in [1.82, 2.24) is 4.90 Å². The van der Waals surface area contributed by atoms with Gasteiger partial charge in [0.1, 0.15) is 0 Å². The van der Waals surface area contributed by atoms with Crippen LogP contribution in [-0.4, -0.2) is 45.5 Å². The lowest BCUT2D eigenvalue weighted by Crippen LogP contribution is -2.38. The van der Waals surface area contributed by atoms with E-state index in [1.807, 2.05) is 20.8 Å². The number of hydrogen-bond acceptors (Lipinski definition) is 5. The molecule has 5 heteroatoms. The lowest BCUT2D eigenvalue weighted by Gasteiger charge is -2.26. The predicted molar refractivity (Wildman–Crippen MR) is 111 cm³/mol. The number of nitrogens with zero attached hydrogens (tertiary/aromatic N) is 1. The number of likely N-dealkylation sites (N-methyl/N-ethyl adjacent to an activating group) is 1. The molecule has 1 atom stereocenters. The molecule has 0 aromatic heterocycles. The summed E-state index contributed by atoms with van der Waals surface area (Å²) in [5.74, 6) is -0.114. The number of rotatable bonds is 5. The Bertz CT molecular complexity index is 675. The molecule has 1 aromatic carbocycles. The van der Waals surface area contributed by atoms with Gasteiger partial charge in [-0.15, -0.1) is 0 Å². The molecular formula is C22H37NO4. The van der Waals surface area contributed by atoms with Gasteiger partial charge in [0.15, 0.2) is 5.75 Å². The van der Waals surface area contributed by atoms with Crippen LogP contribution in [0.1, 0.15) is 64.2 Å². The largest absolute Gasteiger partial charge is 0.504 e. The maximum absolute atomic E-state index is 11.6. The first-order valence-electron chi connectivity index (χ1n) is 10.1. The fourth-order valence-corrected chi connectivity index (χ4v) is 3.63. The summed E-state index contributed by atoms with van der Waals surface area (Å²) in [5, 5.41) is 28.9. The maximum atomic E-state index is 11.6. The molecular weight excluding hydrogens is 342 g/mol. The van der Waals surface area contributed by atoms with Gasteiger partial charge in [0, 0.05) is 12.1 Å². The molecule has 0 fully saturated rings. The second kappa shape index (κ2) is 10.1. The smallest absolute Gasteiger partial charge is 0.224 e. The first-order valence-corrected chi connectivity index (χ1v) is 10.1. The van der Waals surface area contributed by atoms with E-state index in [9.17, 15) is 20.1 Å². The second-order valence-electron chi connectivity index (χ2n) is 8.14. The Morgan fingerprint density at radius 1 is 1.11 bits per heavy atom.